The minimum absolute atomic E-state index is 0. The highest BCUT2D eigenvalue weighted by Gasteiger charge is 2.22. The normalized spacial score (nSPS) is 20.9. The predicted octanol–water partition coefficient (Wildman–Crippen LogP) is 2.60. The van der Waals surface area contributed by atoms with E-state index in [2.05, 4.69) is 17.1 Å². The van der Waals surface area contributed by atoms with Gasteiger partial charge in [0.1, 0.15) is 5.82 Å². The number of nitrogens with one attached hydrogen (secondary N) is 1. The smallest absolute Gasteiger partial charge is 0.123 e. The van der Waals surface area contributed by atoms with Gasteiger partial charge in [-0.15, -0.1) is 12.4 Å². The topological polar surface area (TPSA) is 15.3 Å². The Morgan fingerprint density at radius 3 is 3.00 bits per heavy atom. The SMILES string of the molecule is CCCN1CCNCC1c1cccc(F)c1.Cl. The molecule has 1 aliphatic rings. The Hall–Kier alpha value is -0.640. The number of halogens is 2. The number of hydrogen-bond donors (Lipinski definition) is 1. The average molecular weight is 259 g/mol. The van der Waals surface area contributed by atoms with Gasteiger partial charge in [-0.25, -0.2) is 4.39 Å². The van der Waals surface area contributed by atoms with E-state index in [0.29, 0.717) is 6.04 Å². The minimum Gasteiger partial charge on any atom is -0.314 e. The Morgan fingerprint density at radius 1 is 1.47 bits per heavy atom. The van der Waals surface area contributed by atoms with Crippen LogP contribution in [0.2, 0.25) is 0 Å². The van der Waals surface area contributed by atoms with Gasteiger partial charge < -0.3 is 5.32 Å². The first-order valence-corrected chi connectivity index (χ1v) is 6.01. The van der Waals surface area contributed by atoms with Crippen LogP contribution in [-0.4, -0.2) is 31.1 Å². The molecule has 1 atom stereocenters. The fourth-order valence-corrected chi connectivity index (χ4v) is 2.34. The molecule has 1 N–H and O–H groups in total. The summed E-state index contributed by atoms with van der Waals surface area (Å²) in [7, 11) is 0. The van der Waals surface area contributed by atoms with Crippen molar-refractivity contribution in [3.05, 3.63) is 35.6 Å². The third-order valence-electron chi connectivity index (χ3n) is 3.10. The molecule has 0 aliphatic carbocycles. The first kappa shape index (κ1) is 14.4. The Balaban J connectivity index is 0.00000144. The van der Waals surface area contributed by atoms with Crippen molar-refractivity contribution < 1.29 is 4.39 Å². The zero-order valence-electron chi connectivity index (χ0n) is 10.2. The molecule has 1 unspecified atom stereocenters. The molecule has 1 aromatic rings. The first-order valence-electron chi connectivity index (χ1n) is 6.01. The minimum atomic E-state index is -0.139. The highest BCUT2D eigenvalue weighted by molar-refractivity contribution is 5.85. The van der Waals surface area contributed by atoms with Crippen LogP contribution in [0.15, 0.2) is 24.3 Å². The van der Waals surface area contributed by atoms with Crippen molar-refractivity contribution in [2.45, 2.75) is 19.4 Å². The highest BCUT2D eigenvalue weighted by atomic mass is 35.5. The second-order valence-corrected chi connectivity index (χ2v) is 4.31. The summed E-state index contributed by atoms with van der Waals surface area (Å²) in [6, 6.07) is 7.29. The highest BCUT2D eigenvalue weighted by Crippen LogP contribution is 2.22. The third-order valence-corrected chi connectivity index (χ3v) is 3.10. The van der Waals surface area contributed by atoms with E-state index in [-0.39, 0.29) is 18.2 Å². The maximum Gasteiger partial charge on any atom is 0.123 e. The van der Waals surface area contributed by atoms with Crippen LogP contribution in [-0.2, 0) is 0 Å². The molecule has 2 nitrogen and oxygen atoms in total. The summed E-state index contributed by atoms with van der Waals surface area (Å²) in [4.78, 5) is 2.44. The molecule has 1 heterocycles. The van der Waals surface area contributed by atoms with Crippen LogP contribution >= 0.6 is 12.4 Å². The average Bonchev–Trinajstić information content (AvgIpc) is 2.30. The van der Waals surface area contributed by atoms with E-state index >= 15 is 0 Å². The lowest BCUT2D eigenvalue weighted by Crippen LogP contribution is -2.46. The van der Waals surface area contributed by atoms with Crippen molar-refractivity contribution in [3.63, 3.8) is 0 Å². The van der Waals surface area contributed by atoms with Gasteiger partial charge in [-0.05, 0) is 30.7 Å². The Labute approximate surface area is 109 Å². The van der Waals surface area contributed by atoms with E-state index in [4.69, 9.17) is 0 Å². The summed E-state index contributed by atoms with van der Waals surface area (Å²) in [6.07, 6.45) is 1.14. The van der Waals surface area contributed by atoms with Crippen LogP contribution in [0.5, 0.6) is 0 Å². The third kappa shape index (κ3) is 3.66. The summed E-state index contributed by atoms with van der Waals surface area (Å²) in [5.74, 6) is -0.139. The van der Waals surface area contributed by atoms with Crippen LogP contribution in [0.25, 0.3) is 0 Å². The van der Waals surface area contributed by atoms with E-state index in [1.54, 1.807) is 12.1 Å². The maximum atomic E-state index is 13.2. The summed E-state index contributed by atoms with van der Waals surface area (Å²) < 4.78 is 13.2. The lowest BCUT2D eigenvalue weighted by atomic mass is 10.0. The number of rotatable bonds is 3. The molecular weight excluding hydrogens is 239 g/mol. The summed E-state index contributed by atoms with van der Waals surface area (Å²) in [5.41, 5.74) is 1.08. The molecule has 0 radical (unpaired) electrons. The summed E-state index contributed by atoms with van der Waals surface area (Å²) in [6.45, 7) is 6.28. The molecule has 0 amide bonds. The van der Waals surface area contributed by atoms with Crippen molar-refractivity contribution in [2.75, 3.05) is 26.2 Å². The number of piperazine rings is 1. The maximum absolute atomic E-state index is 13.2. The van der Waals surface area contributed by atoms with Crippen LogP contribution in [0.1, 0.15) is 24.9 Å². The Morgan fingerprint density at radius 2 is 2.29 bits per heavy atom. The van der Waals surface area contributed by atoms with Crippen LogP contribution < -0.4 is 5.32 Å². The molecule has 96 valence electrons. The zero-order valence-corrected chi connectivity index (χ0v) is 11.0. The van der Waals surface area contributed by atoms with E-state index in [0.717, 1.165) is 38.2 Å². The van der Waals surface area contributed by atoms with Crippen molar-refractivity contribution >= 4 is 12.4 Å². The molecule has 1 aliphatic heterocycles. The lowest BCUT2D eigenvalue weighted by Gasteiger charge is -2.36. The van der Waals surface area contributed by atoms with Gasteiger partial charge in [0.25, 0.3) is 0 Å². The monoisotopic (exact) mass is 258 g/mol. The van der Waals surface area contributed by atoms with Crippen LogP contribution in [0.4, 0.5) is 4.39 Å². The first-order chi connectivity index (χ1) is 7.81. The molecule has 0 saturated carbocycles. The van der Waals surface area contributed by atoms with Crippen molar-refractivity contribution in [2.24, 2.45) is 0 Å². The Kier molecular flexibility index (Phi) is 5.89. The molecule has 1 saturated heterocycles. The van der Waals surface area contributed by atoms with Gasteiger partial charge in [0, 0.05) is 25.7 Å². The van der Waals surface area contributed by atoms with Gasteiger partial charge in [0.05, 0.1) is 0 Å². The number of benzene rings is 1. The van der Waals surface area contributed by atoms with Crippen molar-refractivity contribution in [3.8, 4) is 0 Å². The van der Waals surface area contributed by atoms with Crippen LogP contribution in [0.3, 0.4) is 0 Å². The molecular formula is C13H20ClFN2. The van der Waals surface area contributed by atoms with E-state index < -0.39 is 0 Å². The van der Waals surface area contributed by atoms with E-state index in [1.807, 2.05) is 6.07 Å². The molecule has 0 bridgehead atoms. The second-order valence-electron chi connectivity index (χ2n) is 4.31. The fourth-order valence-electron chi connectivity index (χ4n) is 2.34. The predicted molar refractivity (Wildman–Crippen MR) is 71.1 cm³/mol. The van der Waals surface area contributed by atoms with Crippen molar-refractivity contribution in [1.29, 1.82) is 0 Å². The van der Waals surface area contributed by atoms with Gasteiger partial charge >= 0.3 is 0 Å². The van der Waals surface area contributed by atoms with E-state index in [9.17, 15) is 4.39 Å². The van der Waals surface area contributed by atoms with Crippen LogP contribution in [0, 0.1) is 5.82 Å². The number of nitrogens with zero attached hydrogens (tertiary/aromatic N) is 1. The van der Waals surface area contributed by atoms with Gasteiger partial charge in [-0.2, -0.15) is 0 Å². The van der Waals surface area contributed by atoms with Gasteiger partial charge in [-0.1, -0.05) is 19.1 Å². The molecule has 0 spiro atoms. The largest absolute Gasteiger partial charge is 0.314 e. The molecule has 1 aromatic carbocycles. The molecule has 1 fully saturated rings. The van der Waals surface area contributed by atoms with Gasteiger partial charge in [0.2, 0.25) is 0 Å². The summed E-state index contributed by atoms with van der Waals surface area (Å²) >= 11 is 0. The lowest BCUT2D eigenvalue weighted by molar-refractivity contribution is 0.162. The Bertz CT molecular complexity index is 344. The second kappa shape index (κ2) is 6.94. The molecule has 0 aromatic heterocycles. The number of hydrogen-bond acceptors (Lipinski definition) is 2. The van der Waals surface area contributed by atoms with Gasteiger partial charge in [0.15, 0.2) is 0 Å². The quantitative estimate of drug-likeness (QED) is 0.897. The van der Waals surface area contributed by atoms with Crippen molar-refractivity contribution in [1.82, 2.24) is 10.2 Å². The van der Waals surface area contributed by atoms with Gasteiger partial charge in [-0.3, -0.25) is 4.90 Å². The van der Waals surface area contributed by atoms with E-state index in [1.165, 1.54) is 6.07 Å². The molecule has 4 heteroatoms. The molecule has 2 rings (SSSR count). The standard InChI is InChI=1S/C13H19FN2.ClH/c1-2-7-16-8-6-15-10-13(16)11-4-3-5-12(14)9-11;/h3-5,9,13,15H,2,6-8,10H2,1H3;1H. The molecule has 17 heavy (non-hydrogen) atoms. The summed E-state index contributed by atoms with van der Waals surface area (Å²) in [5, 5.41) is 3.38. The fraction of sp³-hybridized carbons (Fsp3) is 0.538. The zero-order chi connectivity index (χ0) is 11.4.